The minimum Gasteiger partial charge on any atom is -0.478 e. The lowest BCUT2D eigenvalue weighted by Gasteiger charge is -2.32. The molecule has 1 aromatic heterocycles. The van der Waals surface area contributed by atoms with Gasteiger partial charge in [0.25, 0.3) is 11.8 Å². The number of fused-ring (bicyclic) bond motifs is 1. The number of rotatable bonds is 6. The van der Waals surface area contributed by atoms with Crippen LogP contribution < -0.4 is 10.6 Å². The Bertz CT molecular complexity index is 1190. The van der Waals surface area contributed by atoms with E-state index in [0.717, 1.165) is 17.3 Å². The number of aromatic nitrogens is 1. The highest BCUT2D eigenvalue weighted by atomic mass is 32.2. The largest absolute Gasteiger partial charge is 0.478 e. The number of hydrogen-bond acceptors (Lipinski definition) is 6. The Hall–Kier alpha value is -3.76. The van der Waals surface area contributed by atoms with Gasteiger partial charge >= 0.3 is 12.0 Å². The molecule has 0 spiro atoms. The second-order valence-corrected chi connectivity index (χ2v) is 8.38. The van der Waals surface area contributed by atoms with Gasteiger partial charge in [0.05, 0.1) is 11.1 Å². The van der Waals surface area contributed by atoms with Gasteiger partial charge in [-0.2, -0.15) is 4.48 Å². The standard InChI is InChI=1S/C22H18N4O5S/c1-13-18(27)25-22(31)26(11-15-2-4-16(5-3-15)21(29)30)12-17(32-20(13)26)19(28)24-10-14-6-8-23-9-7-14/h2-9,12H,10-11H2,1H3,(H2-,24,25,27,28,29,30,31)/p+1. The monoisotopic (exact) mass is 451 g/mol. The Morgan fingerprint density at radius 1 is 1.09 bits per heavy atom. The predicted molar refractivity (Wildman–Crippen MR) is 115 cm³/mol. The zero-order chi connectivity index (χ0) is 22.9. The molecule has 2 aliphatic heterocycles. The first kappa shape index (κ1) is 21.5. The second kappa shape index (κ2) is 8.40. The van der Waals surface area contributed by atoms with Crippen LogP contribution in [-0.2, 0) is 22.7 Å². The van der Waals surface area contributed by atoms with Gasteiger partial charge in [0, 0.05) is 24.5 Å². The molecule has 4 rings (SSSR count). The molecule has 0 fully saturated rings. The summed E-state index contributed by atoms with van der Waals surface area (Å²) in [5.74, 6) is -1.91. The number of quaternary nitrogens is 1. The molecule has 1 atom stereocenters. The number of carbonyl (C=O) groups is 4. The molecule has 32 heavy (non-hydrogen) atoms. The summed E-state index contributed by atoms with van der Waals surface area (Å²) in [5.41, 5.74) is 2.03. The van der Waals surface area contributed by atoms with Crippen molar-refractivity contribution in [3.05, 3.63) is 87.2 Å². The van der Waals surface area contributed by atoms with Crippen molar-refractivity contribution in [1.29, 1.82) is 0 Å². The minimum atomic E-state index is -1.05. The molecule has 0 saturated heterocycles. The van der Waals surface area contributed by atoms with Gasteiger partial charge in [-0.15, -0.1) is 0 Å². The molecule has 1 unspecified atom stereocenters. The van der Waals surface area contributed by atoms with E-state index in [4.69, 9.17) is 5.11 Å². The number of amides is 4. The summed E-state index contributed by atoms with van der Waals surface area (Å²) in [6, 6.07) is 9.14. The minimum absolute atomic E-state index is 0.125. The average Bonchev–Trinajstić information content (AvgIpc) is 3.18. The number of carbonyl (C=O) groups excluding carboxylic acids is 3. The maximum atomic E-state index is 13.0. The SMILES string of the molecule is CC1=C2SC(C(=O)NCc3ccncc3)=C[N+]2(Cc2ccc(C(=O)O)cc2)C(=O)NC1=O. The summed E-state index contributed by atoms with van der Waals surface area (Å²) in [7, 11) is 0. The second-order valence-electron chi connectivity index (χ2n) is 7.35. The van der Waals surface area contributed by atoms with Crippen molar-refractivity contribution in [2.75, 3.05) is 0 Å². The van der Waals surface area contributed by atoms with Gasteiger partial charge in [-0.1, -0.05) is 12.1 Å². The van der Waals surface area contributed by atoms with Crippen molar-refractivity contribution in [2.45, 2.75) is 20.0 Å². The summed E-state index contributed by atoms with van der Waals surface area (Å²) in [4.78, 5) is 53.4. The van der Waals surface area contributed by atoms with E-state index in [1.54, 1.807) is 43.6 Å². The topological polar surface area (TPSA) is 125 Å². The van der Waals surface area contributed by atoms with Gasteiger partial charge in [-0.25, -0.2) is 14.9 Å². The summed E-state index contributed by atoms with van der Waals surface area (Å²) in [5, 5.41) is 14.7. The fourth-order valence-electron chi connectivity index (χ4n) is 3.49. The molecule has 3 heterocycles. The van der Waals surface area contributed by atoms with Crippen LogP contribution in [0.15, 0.2) is 70.5 Å². The lowest BCUT2D eigenvalue weighted by atomic mass is 10.1. The van der Waals surface area contributed by atoms with Gasteiger partial charge in [0.15, 0.2) is 5.03 Å². The van der Waals surface area contributed by atoms with Crippen LogP contribution in [0.3, 0.4) is 0 Å². The molecule has 1 aromatic carbocycles. The normalized spacial score (nSPS) is 19.8. The molecule has 4 amide bonds. The molecule has 0 radical (unpaired) electrons. The molecule has 0 aliphatic carbocycles. The van der Waals surface area contributed by atoms with Gasteiger partial charge in [-0.05, 0) is 48.5 Å². The molecular weight excluding hydrogens is 432 g/mol. The Kier molecular flexibility index (Phi) is 5.64. The van der Waals surface area contributed by atoms with Crippen LogP contribution in [0.1, 0.15) is 28.4 Å². The summed E-state index contributed by atoms with van der Waals surface area (Å²) < 4.78 is -0.368. The fraction of sp³-hybridized carbons (Fsp3) is 0.136. The molecular formula is C22H19N4O5S+. The van der Waals surface area contributed by atoms with Crippen LogP contribution in [0.4, 0.5) is 4.79 Å². The van der Waals surface area contributed by atoms with E-state index in [-0.39, 0.29) is 22.5 Å². The molecule has 2 aromatic rings. The highest BCUT2D eigenvalue weighted by Gasteiger charge is 2.53. The highest BCUT2D eigenvalue weighted by Crippen LogP contribution is 2.47. The zero-order valence-electron chi connectivity index (χ0n) is 17.0. The molecule has 3 N–H and O–H groups in total. The van der Waals surface area contributed by atoms with Crippen molar-refractivity contribution in [1.82, 2.24) is 15.6 Å². The Morgan fingerprint density at radius 2 is 1.78 bits per heavy atom. The number of benzene rings is 1. The van der Waals surface area contributed by atoms with Gasteiger partial charge in [0.1, 0.15) is 17.6 Å². The van der Waals surface area contributed by atoms with Crippen molar-refractivity contribution in [3.63, 3.8) is 0 Å². The molecule has 2 aliphatic rings. The summed E-state index contributed by atoms with van der Waals surface area (Å²) in [6.07, 6.45) is 4.80. The van der Waals surface area contributed by atoms with E-state index in [1.807, 2.05) is 0 Å². The van der Waals surface area contributed by atoms with Crippen molar-refractivity contribution < 1.29 is 28.8 Å². The summed E-state index contributed by atoms with van der Waals surface area (Å²) in [6.45, 7) is 2.02. The molecule has 0 bridgehead atoms. The lowest BCUT2D eigenvalue weighted by Crippen LogP contribution is -2.56. The number of hydrogen-bond donors (Lipinski definition) is 3. The third-order valence-electron chi connectivity index (χ3n) is 5.21. The number of thioether (sulfide) groups is 1. The maximum Gasteiger partial charge on any atom is 0.434 e. The highest BCUT2D eigenvalue weighted by molar-refractivity contribution is 8.07. The van der Waals surface area contributed by atoms with Crippen LogP contribution in [0, 0.1) is 0 Å². The molecule has 162 valence electrons. The first-order valence-electron chi connectivity index (χ1n) is 9.65. The Labute approximate surface area is 187 Å². The van der Waals surface area contributed by atoms with Crippen LogP contribution in [-0.4, -0.2) is 38.4 Å². The third-order valence-corrected chi connectivity index (χ3v) is 6.55. The number of urea groups is 1. The van der Waals surface area contributed by atoms with E-state index in [9.17, 15) is 19.2 Å². The molecule has 10 heteroatoms. The number of carboxylic acids is 1. The number of carboxylic acid groups (broad SMARTS) is 1. The average molecular weight is 451 g/mol. The van der Waals surface area contributed by atoms with Crippen LogP contribution in [0.2, 0.25) is 0 Å². The molecule has 9 nitrogen and oxygen atoms in total. The quantitative estimate of drug-likeness (QED) is 0.576. The van der Waals surface area contributed by atoms with E-state index < -0.39 is 17.9 Å². The maximum absolute atomic E-state index is 13.0. The van der Waals surface area contributed by atoms with Crippen molar-refractivity contribution in [2.24, 2.45) is 0 Å². The van der Waals surface area contributed by atoms with E-state index in [2.05, 4.69) is 15.6 Å². The van der Waals surface area contributed by atoms with Crippen molar-refractivity contribution >= 4 is 35.6 Å². The smallest absolute Gasteiger partial charge is 0.434 e. The number of nitrogens with zero attached hydrogens (tertiary/aromatic N) is 2. The Morgan fingerprint density at radius 3 is 2.44 bits per heavy atom. The first-order valence-corrected chi connectivity index (χ1v) is 10.5. The number of nitrogens with one attached hydrogen (secondary N) is 2. The number of imide groups is 1. The van der Waals surface area contributed by atoms with E-state index >= 15 is 0 Å². The summed E-state index contributed by atoms with van der Waals surface area (Å²) >= 11 is 1.09. The van der Waals surface area contributed by atoms with Gasteiger partial charge in [0.2, 0.25) is 0 Å². The lowest BCUT2D eigenvalue weighted by molar-refractivity contribution is -0.762. The number of pyridine rings is 1. The Balaban J connectivity index is 1.65. The number of aromatic carboxylic acids is 1. The van der Waals surface area contributed by atoms with Crippen molar-refractivity contribution in [3.8, 4) is 0 Å². The first-order chi connectivity index (χ1) is 15.3. The molecule has 0 saturated carbocycles. The fourth-order valence-corrected chi connectivity index (χ4v) is 4.70. The van der Waals surface area contributed by atoms with E-state index in [0.29, 0.717) is 27.6 Å². The van der Waals surface area contributed by atoms with Crippen LogP contribution in [0.5, 0.6) is 0 Å². The van der Waals surface area contributed by atoms with Crippen LogP contribution in [0.25, 0.3) is 0 Å². The van der Waals surface area contributed by atoms with E-state index in [1.165, 1.54) is 18.3 Å². The third kappa shape index (κ3) is 3.93. The van der Waals surface area contributed by atoms with Gasteiger partial charge < -0.3 is 10.4 Å². The van der Waals surface area contributed by atoms with Gasteiger partial charge in [-0.3, -0.25) is 14.6 Å². The zero-order valence-corrected chi connectivity index (χ0v) is 17.8. The predicted octanol–water partition coefficient (Wildman–Crippen LogP) is 2.48. The van der Waals surface area contributed by atoms with Crippen LogP contribution >= 0.6 is 11.8 Å².